The molecule has 1 heterocycles. The Kier molecular flexibility index (Phi) is 7.16. The Hall–Kier alpha value is -4.52. The van der Waals surface area contributed by atoms with Crippen molar-refractivity contribution in [1.29, 1.82) is 0 Å². The first-order valence-electron chi connectivity index (χ1n) is 11.0. The van der Waals surface area contributed by atoms with Crippen LogP contribution in [-0.4, -0.2) is 36.8 Å². The molecule has 0 aliphatic carbocycles. The van der Waals surface area contributed by atoms with E-state index in [0.29, 0.717) is 11.1 Å². The molecule has 35 heavy (non-hydrogen) atoms. The van der Waals surface area contributed by atoms with Crippen LogP contribution in [0.3, 0.4) is 0 Å². The Morgan fingerprint density at radius 2 is 1.46 bits per heavy atom. The zero-order chi connectivity index (χ0) is 24.8. The van der Waals surface area contributed by atoms with Gasteiger partial charge in [-0.2, -0.15) is 0 Å². The summed E-state index contributed by atoms with van der Waals surface area (Å²) >= 11 is 0. The van der Waals surface area contributed by atoms with Gasteiger partial charge in [0.1, 0.15) is 12.0 Å². The molecule has 0 unspecified atom stereocenters. The monoisotopic (exact) mass is 469 g/mol. The molecule has 1 fully saturated rings. The third-order valence-corrected chi connectivity index (χ3v) is 5.65. The van der Waals surface area contributed by atoms with Gasteiger partial charge in [0.15, 0.2) is 5.76 Å². The van der Waals surface area contributed by atoms with Crippen molar-refractivity contribution in [1.82, 2.24) is 5.32 Å². The largest absolute Gasteiger partial charge is 0.467 e. The number of benzene rings is 3. The van der Waals surface area contributed by atoms with Crippen molar-refractivity contribution in [3.63, 3.8) is 0 Å². The van der Waals surface area contributed by atoms with Gasteiger partial charge in [-0.3, -0.25) is 14.4 Å². The Balaban J connectivity index is 1.72. The standard InChI is InChI=1S/C28H23NO6/c1-34-27(32)21(17-18-11-5-2-6-12-18)29-26(31)23(20-15-9-4-10-16-20)25-24(30)22(28(33)35-25)19-13-7-3-8-14-19/h2-16,21-22H,17H2,1H3,(H,29,31)/t21-,22-/m0/s1. The van der Waals surface area contributed by atoms with Crippen molar-refractivity contribution in [3.8, 4) is 0 Å². The van der Waals surface area contributed by atoms with Gasteiger partial charge in [-0.25, -0.2) is 4.79 Å². The highest BCUT2D eigenvalue weighted by Gasteiger charge is 2.44. The molecule has 1 aliphatic heterocycles. The van der Waals surface area contributed by atoms with Crippen molar-refractivity contribution in [2.75, 3.05) is 7.11 Å². The molecule has 3 aromatic rings. The van der Waals surface area contributed by atoms with Gasteiger partial charge in [-0.1, -0.05) is 91.0 Å². The van der Waals surface area contributed by atoms with E-state index in [0.717, 1.165) is 5.56 Å². The molecular formula is C28H23NO6. The number of carbonyl (C=O) groups is 4. The van der Waals surface area contributed by atoms with Gasteiger partial charge < -0.3 is 14.8 Å². The van der Waals surface area contributed by atoms with Crippen molar-refractivity contribution in [3.05, 3.63) is 113 Å². The topological polar surface area (TPSA) is 98.8 Å². The fraction of sp³-hybridized carbons (Fsp3) is 0.143. The van der Waals surface area contributed by atoms with Gasteiger partial charge in [-0.15, -0.1) is 0 Å². The lowest BCUT2D eigenvalue weighted by atomic mass is 9.93. The maximum absolute atomic E-state index is 13.5. The van der Waals surface area contributed by atoms with Gasteiger partial charge in [0, 0.05) is 6.42 Å². The van der Waals surface area contributed by atoms with E-state index in [1.54, 1.807) is 60.7 Å². The quantitative estimate of drug-likeness (QED) is 0.324. The second-order valence-corrected chi connectivity index (χ2v) is 7.94. The fourth-order valence-electron chi connectivity index (χ4n) is 3.94. The number of Topliss-reactive ketones (excluding diaryl/α,β-unsaturated/α-hetero) is 1. The number of hydrogen-bond donors (Lipinski definition) is 1. The average Bonchev–Trinajstić information content (AvgIpc) is 3.18. The molecule has 1 amide bonds. The van der Waals surface area contributed by atoms with E-state index in [1.165, 1.54) is 7.11 Å². The maximum Gasteiger partial charge on any atom is 0.328 e. The summed E-state index contributed by atoms with van der Waals surface area (Å²) in [5, 5.41) is 2.67. The van der Waals surface area contributed by atoms with Crippen LogP contribution in [0, 0.1) is 0 Å². The van der Waals surface area contributed by atoms with Crippen LogP contribution < -0.4 is 5.32 Å². The second-order valence-electron chi connectivity index (χ2n) is 7.94. The summed E-state index contributed by atoms with van der Waals surface area (Å²) in [5.41, 5.74) is 1.54. The van der Waals surface area contributed by atoms with E-state index in [2.05, 4.69) is 5.32 Å². The molecular weight excluding hydrogens is 446 g/mol. The number of methoxy groups -OCH3 is 1. The molecule has 0 spiro atoms. The zero-order valence-corrected chi connectivity index (χ0v) is 19.0. The first-order chi connectivity index (χ1) is 17.0. The van der Waals surface area contributed by atoms with E-state index >= 15 is 0 Å². The smallest absolute Gasteiger partial charge is 0.328 e. The molecule has 4 rings (SSSR count). The van der Waals surface area contributed by atoms with E-state index in [-0.39, 0.29) is 17.8 Å². The molecule has 176 valence electrons. The predicted molar refractivity (Wildman–Crippen MR) is 128 cm³/mol. The first-order valence-corrected chi connectivity index (χ1v) is 11.0. The number of carbonyl (C=O) groups excluding carboxylic acids is 4. The summed E-state index contributed by atoms with van der Waals surface area (Å²) in [5.74, 6) is -4.27. The minimum absolute atomic E-state index is 0.121. The number of allylic oxidation sites excluding steroid dienone is 1. The average molecular weight is 469 g/mol. The number of ether oxygens (including phenoxy) is 2. The summed E-state index contributed by atoms with van der Waals surface area (Å²) in [6, 6.07) is 25.0. The van der Waals surface area contributed by atoms with E-state index in [1.807, 2.05) is 30.3 Å². The van der Waals surface area contributed by atoms with Crippen molar-refractivity contribution >= 4 is 29.2 Å². The maximum atomic E-state index is 13.5. The van der Waals surface area contributed by atoms with Crippen molar-refractivity contribution in [2.24, 2.45) is 0 Å². The predicted octanol–water partition coefficient (Wildman–Crippen LogP) is 3.21. The minimum atomic E-state index is -1.17. The molecule has 3 aromatic carbocycles. The summed E-state index contributed by atoms with van der Waals surface area (Å²) in [6.45, 7) is 0. The number of ketones is 1. The van der Waals surface area contributed by atoms with Gasteiger partial charge in [0.05, 0.1) is 12.7 Å². The van der Waals surface area contributed by atoms with Crippen LogP contribution in [0.5, 0.6) is 0 Å². The molecule has 0 bridgehead atoms. The summed E-state index contributed by atoms with van der Waals surface area (Å²) < 4.78 is 10.3. The van der Waals surface area contributed by atoms with Crippen LogP contribution in [0.2, 0.25) is 0 Å². The Morgan fingerprint density at radius 1 is 0.886 bits per heavy atom. The Labute approximate surface area is 202 Å². The number of cyclic esters (lactones) is 1. The number of hydrogen-bond acceptors (Lipinski definition) is 6. The number of esters is 2. The van der Waals surface area contributed by atoms with E-state index in [4.69, 9.17) is 9.47 Å². The number of rotatable bonds is 7. The molecule has 0 aromatic heterocycles. The Bertz CT molecular complexity index is 1270. The van der Waals surface area contributed by atoms with Crippen LogP contribution in [0.15, 0.2) is 96.8 Å². The van der Waals surface area contributed by atoms with E-state index in [9.17, 15) is 19.2 Å². The zero-order valence-electron chi connectivity index (χ0n) is 19.0. The minimum Gasteiger partial charge on any atom is -0.467 e. The third-order valence-electron chi connectivity index (χ3n) is 5.65. The van der Waals surface area contributed by atoms with Gasteiger partial charge in [-0.05, 0) is 16.7 Å². The van der Waals surface area contributed by atoms with Crippen LogP contribution in [-0.2, 0) is 35.1 Å². The molecule has 2 atom stereocenters. The molecule has 0 radical (unpaired) electrons. The fourth-order valence-corrected chi connectivity index (χ4v) is 3.94. The lowest BCUT2D eigenvalue weighted by Crippen LogP contribution is -2.43. The van der Waals surface area contributed by atoms with Crippen LogP contribution in [0.25, 0.3) is 5.57 Å². The molecule has 0 saturated carbocycles. The Morgan fingerprint density at radius 3 is 2.06 bits per heavy atom. The summed E-state index contributed by atoms with van der Waals surface area (Å²) in [4.78, 5) is 52.0. The normalized spacial score (nSPS) is 17.3. The van der Waals surface area contributed by atoms with Gasteiger partial charge in [0.25, 0.3) is 5.91 Å². The molecule has 1 aliphatic rings. The third kappa shape index (κ3) is 5.19. The second kappa shape index (κ2) is 10.6. The molecule has 1 saturated heterocycles. The SMILES string of the molecule is COC(=O)[C@H](Cc1ccccc1)NC(=O)C(=C1OC(=O)[C@@H](c2ccccc2)C1=O)c1ccccc1. The van der Waals surface area contributed by atoms with Crippen LogP contribution >= 0.6 is 0 Å². The van der Waals surface area contributed by atoms with Gasteiger partial charge >= 0.3 is 11.9 Å². The van der Waals surface area contributed by atoms with Crippen LogP contribution in [0.1, 0.15) is 22.6 Å². The molecule has 7 nitrogen and oxygen atoms in total. The lowest BCUT2D eigenvalue weighted by molar-refractivity contribution is -0.144. The van der Waals surface area contributed by atoms with Crippen molar-refractivity contribution in [2.45, 2.75) is 18.4 Å². The first kappa shape index (κ1) is 23.6. The van der Waals surface area contributed by atoms with E-state index < -0.39 is 35.6 Å². The number of amides is 1. The van der Waals surface area contributed by atoms with Crippen molar-refractivity contribution < 1.29 is 28.7 Å². The van der Waals surface area contributed by atoms with Crippen LogP contribution in [0.4, 0.5) is 0 Å². The number of nitrogens with one attached hydrogen (secondary N) is 1. The lowest BCUT2D eigenvalue weighted by Gasteiger charge is -2.18. The molecule has 1 N–H and O–H groups in total. The van der Waals surface area contributed by atoms with Gasteiger partial charge in [0.2, 0.25) is 5.78 Å². The molecule has 7 heteroatoms. The highest BCUT2D eigenvalue weighted by molar-refractivity contribution is 6.30. The highest BCUT2D eigenvalue weighted by atomic mass is 16.6. The summed E-state index contributed by atoms with van der Waals surface area (Å²) in [7, 11) is 1.23. The highest BCUT2D eigenvalue weighted by Crippen LogP contribution is 2.34. The summed E-state index contributed by atoms with van der Waals surface area (Å²) in [6.07, 6.45) is 0.178.